The molecule has 28 heavy (non-hydrogen) atoms. The third kappa shape index (κ3) is 5.33. The molecule has 4 amide bonds. The number of aryl methyl sites for hydroxylation is 1. The van der Waals surface area contributed by atoms with Gasteiger partial charge in [-0.2, -0.15) is 0 Å². The van der Waals surface area contributed by atoms with Gasteiger partial charge in [0.2, 0.25) is 5.91 Å². The van der Waals surface area contributed by atoms with Gasteiger partial charge in [-0.15, -0.1) is 0 Å². The summed E-state index contributed by atoms with van der Waals surface area (Å²) in [6.07, 6.45) is 5.69. The van der Waals surface area contributed by atoms with Gasteiger partial charge >= 0.3 is 6.03 Å². The summed E-state index contributed by atoms with van der Waals surface area (Å²) in [5.74, 6) is -0.657. The molecule has 0 bridgehead atoms. The Kier molecular flexibility index (Phi) is 7.61. The van der Waals surface area contributed by atoms with E-state index in [2.05, 4.69) is 24.5 Å². The fourth-order valence-corrected chi connectivity index (χ4v) is 3.52. The van der Waals surface area contributed by atoms with Crippen LogP contribution >= 0.6 is 0 Å². The van der Waals surface area contributed by atoms with E-state index in [-0.39, 0.29) is 24.4 Å². The van der Waals surface area contributed by atoms with E-state index in [4.69, 9.17) is 0 Å². The summed E-state index contributed by atoms with van der Waals surface area (Å²) >= 11 is 0. The SMILES string of the molecule is CCCCCCC1(C)NC(=O)N(CC(=O)NC(C)c2ccc(CC)cc2)C1=O. The van der Waals surface area contributed by atoms with Gasteiger partial charge in [-0.05, 0) is 37.8 Å². The third-order valence-electron chi connectivity index (χ3n) is 5.44. The Morgan fingerprint density at radius 1 is 1.14 bits per heavy atom. The molecule has 2 atom stereocenters. The molecule has 0 radical (unpaired) electrons. The van der Waals surface area contributed by atoms with Crippen LogP contribution in [-0.2, 0) is 16.0 Å². The first-order valence-electron chi connectivity index (χ1n) is 10.3. The van der Waals surface area contributed by atoms with Crippen LogP contribution in [0.15, 0.2) is 24.3 Å². The number of unbranched alkanes of at least 4 members (excludes halogenated alkanes) is 3. The molecule has 2 unspecified atom stereocenters. The quantitative estimate of drug-likeness (QED) is 0.474. The molecule has 0 aromatic heterocycles. The highest BCUT2D eigenvalue weighted by molar-refractivity contribution is 6.08. The summed E-state index contributed by atoms with van der Waals surface area (Å²) in [6.45, 7) is 7.60. The predicted molar refractivity (Wildman–Crippen MR) is 110 cm³/mol. The highest BCUT2D eigenvalue weighted by atomic mass is 16.2. The maximum Gasteiger partial charge on any atom is 0.325 e. The number of hydrogen-bond donors (Lipinski definition) is 2. The molecular weight excluding hydrogens is 354 g/mol. The normalized spacial score (nSPS) is 20.2. The van der Waals surface area contributed by atoms with E-state index in [1.165, 1.54) is 5.56 Å². The lowest BCUT2D eigenvalue weighted by molar-refractivity contribution is -0.135. The molecule has 6 heteroatoms. The molecule has 0 spiro atoms. The van der Waals surface area contributed by atoms with E-state index in [9.17, 15) is 14.4 Å². The van der Waals surface area contributed by atoms with Crippen molar-refractivity contribution in [2.24, 2.45) is 0 Å². The summed E-state index contributed by atoms with van der Waals surface area (Å²) in [5, 5.41) is 5.64. The topological polar surface area (TPSA) is 78.5 Å². The van der Waals surface area contributed by atoms with E-state index < -0.39 is 11.6 Å². The molecule has 1 aliphatic heterocycles. The van der Waals surface area contributed by atoms with Crippen molar-refractivity contribution >= 4 is 17.8 Å². The number of carbonyl (C=O) groups excluding carboxylic acids is 3. The van der Waals surface area contributed by atoms with Crippen LogP contribution in [-0.4, -0.2) is 34.8 Å². The monoisotopic (exact) mass is 387 g/mol. The van der Waals surface area contributed by atoms with Crippen LogP contribution in [0.25, 0.3) is 0 Å². The number of hydrogen-bond acceptors (Lipinski definition) is 3. The lowest BCUT2D eigenvalue weighted by atomic mass is 9.94. The van der Waals surface area contributed by atoms with Crippen LogP contribution in [0.1, 0.15) is 77.0 Å². The van der Waals surface area contributed by atoms with Crippen LogP contribution in [0.2, 0.25) is 0 Å². The summed E-state index contributed by atoms with van der Waals surface area (Å²) in [4.78, 5) is 38.4. The van der Waals surface area contributed by atoms with Gasteiger partial charge in [0, 0.05) is 0 Å². The number of carbonyl (C=O) groups is 3. The number of nitrogens with zero attached hydrogens (tertiary/aromatic N) is 1. The summed E-state index contributed by atoms with van der Waals surface area (Å²) < 4.78 is 0. The molecule has 2 rings (SSSR count). The Labute approximate surface area is 168 Å². The highest BCUT2D eigenvalue weighted by Gasteiger charge is 2.47. The standard InChI is InChI=1S/C22H33N3O3/c1-5-7-8-9-14-22(4)20(27)25(21(28)24-22)15-19(26)23-16(3)18-12-10-17(6-2)11-13-18/h10-13,16H,5-9,14-15H2,1-4H3,(H,23,26)(H,24,28). The van der Waals surface area contributed by atoms with Crippen LogP contribution in [0.3, 0.4) is 0 Å². The van der Waals surface area contributed by atoms with Gasteiger partial charge in [-0.25, -0.2) is 4.79 Å². The van der Waals surface area contributed by atoms with Crippen molar-refractivity contribution < 1.29 is 14.4 Å². The van der Waals surface area contributed by atoms with E-state index in [1.54, 1.807) is 6.92 Å². The molecule has 1 aromatic carbocycles. The summed E-state index contributed by atoms with van der Waals surface area (Å²) in [6, 6.07) is 7.38. The van der Waals surface area contributed by atoms with Gasteiger partial charge in [0.1, 0.15) is 12.1 Å². The molecule has 154 valence electrons. The first-order valence-corrected chi connectivity index (χ1v) is 10.3. The third-order valence-corrected chi connectivity index (χ3v) is 5.44. The zero-order valence-electron chi connectivity index (χ0n) is 17.5. The smallest absolute Gasteiger partial charge is 0.325 e. The Morgan fingerprint density at radius 2 is 1.82 bits per heavy atom. The Hall–Kier alpha value is -2.37. The fraction of sp³-hybridized carbons (Fsp3) is 0.591. The molecule has 1 aliphatic rings. The second kappa shape index (κ2) is 9.71. The number of nitrogens with one attached hydrogen (secondary N) is 2. The number of urea groups is 1. The van der Waals surface area contributed by atoms with Gasteiger partial charge in [-0.3, -0.25) is 14.5 Å². The molecule has 2 N–H and O–H groups in total. The number of imide groups is 1. The van der Waals surface area contributed by atoms with E-state index in [1.807, 2.05) is 31.2 Å². The highest BCUT2D eigenvalue weighted by Crippen LogP contribution is 2.24. The number of rotatable bonds is 10. The zero-order chi connectivity index (χ0) is 20.7. The average Bonchev–Trinajstić information content (AvgIpc) is 2.88. The molecule has 1 heterocycles. The van der Waals surface area contributed by atoms with Gasteiger partial charge < -0.3 is 10.6 Å². The van der Waals surface area contributed by atoms with Gasteiger partial charge in [-0.1, -0.05) is 63.8 Å². The van der Waals surface area contributed by atoms with Crippen LogP contribution in [0, 0.1) is 0 Å². The molecule has 6 nitrogen and oxygen atoms in total. The first kappa shape index (κ1) is 21.9. The summed E-state index contributed by atoms with van der Waals surface area (Å²) in [7, 11) is 0. The molecular formula is C22H33N3O3. The van der Waals surface area contributed by atoms with Crippen molar-refractivity contribution in [3.05, 3.63) is 35.4 Å². The minimum atomic E-state index is -0.910. The number of benzene rings is 1. The van der Waals surface area contributed by atoms with Gasteiger partial charge in [0.05, 0.1) is 6.04 Å². The Bertz CT molecular complexity index is 701. The molecule has 1 aromatic rings. The summed E-state index contributed by atoms with van der Waals surface area (Å²) in [5.41, 5.74) is 1.32. The van der Waals surface area contributed by atoms with Crippen molar-refractivity contribution in [2.75, 3.05) is 6.54 Å². The Balaban J connectivity index is 1.91. The predicted octanol–water partition coefficient (Wildman–Crippen LogP) is 3.71. The van der Waals surface area contributed by atoms with E-state index in [0.29, 0.717) is 6.42 Å². The zero-order valence-corrected chi connectivity index (χ0v) is 17.5. The Morgan fingerprint density at radius 3 is 2.43 bits per heavy atom. The van der Waals surface area contributed by atoms with Crippen LogP contribution in [0.5, 0.6) is 0 Å². The first-order chi connectivity index (χ1) is 13.3. The second-order valence-electron chi connectivity index (χ2n) is 7.85. The minimum absolute atomic E-state index is 0.195. The van der Waals surface area contributed by atoms with Crippen LogP contribution < -0.4 is 10.6 Å². The van der Waals surface area contributed by atoms with Crippen molar-refractivity contribution in [2.45, 2.75) is 77.8 Å². The molecule has 1 fully saturated rings. The van der Waals surface area contributed by atoms with Gasteiger partial charge in [0.15, 0.2) is 0 Å². The van der Waals surface area contributed by atoms with Crippen molar-refractivity contribution in [1.29, 1.82) is 0 Å². The van der Waals surface area contributed by atoms with Crippen molar-refractivity contribution in [3.8, 4) is 0 Å². The van der Waals surface area contributed by atoms with Gasteiger partial charge in [0.25, 0.3) is 5.91 Å². The fourth-order valence-electron chi connectivity index (χ4n) is 3.52. The van der Waals surface area contributed by atoms with Crippen molar-refractivity contribution in [3.63, 3.8) is 0 Å². The molecule has 0 aliphatic carbocycles. The lowest BCUT2D eigenvalue weighted by Gasteiger charge is -2.22. The average molecular weight is 388 g/mol. The molecule has 0 saturated carbocycles. The maximum absolute atomic E-state index is 12.7. The minimum Gasteiger partial charge on any atom is -0.348 e. The van der Waals surface area contributed by atoms with E-state index in [0.717, 1.165) is 42.6 Å². The van der Waals surface area contributed by atoms with Crippen LogP contribution in [0.4, 0.5) is 4.79 Å². The largest absolute Gasteiger partial charge is 0.348 e. The number of amides is 4. The second-order valence-corrected chi connectivity index (χ2v) is 7.85. The van der Waals surface area contributed by atoms with Crippen molar-refractivity contribution in [1.82, 2.24) is 15.5 Å². The molecule has 1 saturated heterocycles. The van der Waals surface area contributed by atoms with E-state index >= 15 is 0 Å². The lowest BCUT2D eigenvalue weighted by Crippen LogP contribution is -2.45. The maximum atomic E-state index is 12.7.